The van der Waals surface area contributed by atoms with Gasteiger partial charge in [0.15, 0.2) is 0 Å². The molecule has 0 amide bonds. The summed E-state index contributed by atoms with van der Waals surface area (Å²) in [5.74, 6) is 0. The van der Waals surface area contributed by atoms with E-state index < -0.39 is 0 Å². The van der Waals surface area contributed by atoms with E-state index >= 15 is 0 Å². The molecule has 3 nitrogen and oxygen atoms in total. The molecule has 4 aromatic rings. The van der Waals surface area contributed by atoms with Crippen molar-refractivity contribution in [3.63, 3.8) is 0 Å². The molecule has 0 bridgehead atoms. The zero-order chi connectivity index (χ0) is 25.2. The number of carbonyl (C=O) groups excluding carboxylic acids is 1. The van der Waals surface area contributed by atoms with Gasteiger partial charge in [-0.05, 0) is 22.3 Å². The number of benzene rings is 4. The summed E-state index contributed by atoms with van der Waals surface area (Å²) in [5, 5.41) is 6.76. The average Bonchev–Trinajstić information content (AvgIpc) is 2.95. The smallest absolute Gasteiger partial charge is 1.00 e. The molecule has 11 heteroatoms. The molecular formula is C30H37ClNa7O3+7. The van der Waals surface area contributed by atoms with Crippen LogP contribution < -0.4 is 207 Å². The maximum atomic E-state index is 8.24. The van der Waals surface area contributed by atoms with E-state index in [0.717, 1.165) is 0 Å². The predicted molar refractivity (Wildman–Crippen MR) is 145 cm³/mol. The van der Waals surface area contributed by atoms with Crippen molar-refractivity contribution in [2.24, 2.45) is 0 Å². The number of aliphatic hydroxyl groups excluding tert-OH is 1. The van der Waals surface area contributed by atoms with Gasteiger partial charge >= 0.3 is 213 Å². The predicted octanol–water partition coefficient (Wildman–Crippen LogP) is -13.3. The zero-order valence-electron chi connectivity index (χ0n) is 28.3. The molecule has 0 unspecified atom stereocenters. The molecule has 0 heterocycles. The molecule has 0 spiro atoms. The van der Waals surface area contributed by atoms with Crippen LogP contribution >= 0.6 is 0 Å². The normalized spacial score (nSPS) is 6.24. The van der Waals surface area contributed by atoms with Crippen molar-refractivity contribution >= 4 is 13.3 Å². The monoisotopic (exact) mass is 641 g/mol. The van der Waals surface area contributed by atoms with Crippen LogP contribution in [0.2, 0.25) is 0 Å². The minimum absolute atomic E-state index is 0. The minimum Gasteiger partial charge on any atom is -1.00 e. The largest absolute Gasteiger partial charge is 1.00 e. The van der Waals surface area contributed by atoms with Gasteiger partial charge in [-0.2, -0.15) is 0 Å². The molecule has 0 aliphatic rings. The van der Waals surface area contributed by atoms with Gasteiger partial charge in [-0.15, -0.1) is 0 Å². The van der Waals surface area contributed by atoms with E-state index in [0.29, 0.717) is 6.47 Å². The van der Waals surface area contributed by atoms with Gasteiger partial charge in [-0.3, -0.25) is 6.79 Å². The fourth-order valence-corrected chi connectivity index (χ4v) is 2.52. The Morgan fingerprint density at radius 1 is 0.439 bits per heavy atom. The molecule has 0 fully saturated rings. The minimum atomic E-state index is 0. The maximum absolute atomic E-state index is 8.24. The number of halogens is 1. The van der Waals surface area contributed by atoms with Crippen LogP contribution in [0.5, 0.6) is 0 Å². The van der Waals surface area contributed by atoms with Crippen LogP contribution in [-0.4, -0.2) is 18.4 Å². The third-order valence-corrected chi connectivity index (χ3v) is 3.76. The Labute approximate surface area is 411 Å². The van der Waals surface area contributed by atoms with Crippen molar-refractivity contribution in [2.45, 2.75) is 27.7 Å². The Kier molecular flexibility index (Phi) is 101. The summed E-state index contributed by atoms with van der Waals surface area (Å²) in [5.41, 5.74) is 5.10. The second kappa shape index (κ2) is 58.7. The Balaban J connectivity index is -0.0000000342. The van der Waals surface area contributed by atoms with Crippen LogP contribution in [0.4, 0.5) is 0 Å². The van der Waals surface area contributed by atoms with Crippen LogP contribution in [0.3, 0.4) is 0 Å². The van der Waals surface area contributed by atoms with Gasteiger partial charge in [0.05, 0.1) is 17.2 Å². The Hall–Kier alpha value is 3.22. The fourth-order valence-electron chi connectivity index (χ4n) is 2.52. The molecule has 1 N–H and O–H groups in total. The first-order valence-corrected chi connectivity index (χ1v) is 10.8. The molecule has 4 aromatic carbocycles. The number of hydrogen-bond acceptors (Lipinski definition) is 2. The summed E-state index contributed by atoms with van der Waals surface area (Å²) in [4.78, 5) is 16.0. The van der Waals surface area contributed by atoms with Crippen LogP contribution in [0.25, 0.3) is 22.3 Å². The standard InChI is InChI=1S/2C12H10.2C2H6.CHO2.CHO.ClH2.7Na.H/c2*1-3-7-11(8-4-1)12-9-5-2-6-10-12;2*1-2;2-1-3;1-2;;;;;;;;;/h2*1-10H;2*1-2H3;(H,2,3);1H;1H2;;;;;;;;/q;;;;+1;-1;8*+1;-1. The van der Waals surface area contributed by atoms with E-state index in [9.17, 15) is 0 Å². The first kappa shape index (κ1) is 70.5. The van der Waals surface area contributed by atoms with Crippen LogP contribution in [0.15, 0.2) is 121 Å². The summed E-state index contributed by atoms with van der Waals surface area (Å²) in [6, 6.07) is 41.6. The zero-order valence-corrected chi connectivity index (χ0v) is 42.2. The van der Waals surface area contributed by atoms with Crippen LogP contribution in [0.1, 0.15) is 29.1 Å². The van der Waals surface area contributed by atoms with Gasteiger partial charge in [0.25, 0.3) is 0 Å². The second-order valence-electron chi connectivity index (χ2n) is 5.56. The van der Waals surface area contributed by atoms with Crippen molar-refractivity contribution < 1.29 is 235 Å². The summed E-state index contributed by atoms with van der Waals surface area (Å²) >= 11 is 0. The molecule has 0 saturated carbocycles. The maximum Gasteiger partial charge on any atom is 1.00 e. The van der Waals surface area contributed by atoms with Gasteiger partial charge in [0, 0.05) is 0 Å². The van der Waals surface area contributed by atoms with Crippen LogP contribution in [-0.2, 0) is 9.59 Å². The van der Waals surface area contributed by atoms with E-state index in [-0.39, 0.29) is 221 Å². The van der Waals surface area contributed by atoms with Crippen molar-refractivity contribution in [3.8, 4) is 22.3 Å². The molecule has 0 atom stereocenters. The molecule has 0 radical (unpaired) electrons. The van der Waals surface area contributed by atoms with Gasteiger partial charge in [-0.1, -0.05) is 149 Å². The summed E-state index contributed by atoms with van der Waals surface area (Å²) in [6.07, 6.45) is 0. The molecular weight excluding hydrogens is 605 g/mol. The second-order valence-corrected chi connectivity index (χ2v) is 5.56. The molecule has 0 aliphatic carbocycles. The summed E-state index contributed by atoms with van der Waals surface area (Å²) in [6.45, 7) is 11.8. The fraction of sp³-hybridized carbons (Fsp3) is 0.133. The van der Waals surface area contributed by atoms with E-state index in [1.165, 1.54) is 22.3 Å². The van der Waals surface area contributed by atoms with E-state index in [1.807, 2.05) is 52.0 Å². The van der Waals surface area contributed by atoms with E-state index in [2.05, 4.69) is 104 Å². The third-order valence-electron chi connectivity index (χ3n) is 3.76. The van der Waals surface area contributed by atoms with E-state index in [1.54, 1.807) is 0 Å². The number of hydrogen-bond donors (Lipinski definition) is 1. The van der Waals surface area contributed by atoms with Crippen molar-refractivity contribution in [1.29, 1.82) is 0 Å². The van der Waals surface area contributed by atoms with Gasteiger partial charge in [-0.25, -0.2) is 5.11 Å². The van der Waals surface area contributed by atoms with Crippen LogP contribution in [0, 0.1) is 12.4 Å². The average molecular weight is 642 g/mol. The summed E-state index contributed by atoms with van der Waals surface area (Å²) < 4.78 is 0. The van der Waals surface area contributed by atoms with Crippen molar-refractivity contribution in [1.82, 2.24) is 0 Å². The van der Waals surface area contributed by atoms with Gasteiger partial charge in [0.1, 0.15) is 0 Å². The molecule has 0 aromatic heterocycles. The molecule has 0 saturated heterocycles. The van der Waals surface area contributed by atoms with Crippen molar-refractivity contribution in [2.75, 3.05) is 0 Å². The quantitative estimate of drug-likeness (QED) is 0.135. The van der Waals surface area contributed by atoms with Gasteiger partial charge < -0.3 is 6.22 Å². The van der Waals surface area contributed by atoms with Crippen molar-refractivity contribution in [3.05, 3.63) is 121 Å². The summed E-state index contributed by atoms with van der Waals surface area (Å²) in [7, 11) is 0. The molecule has 0 aliphatic heterocycles. The first-order valence-electron chi connectivity index (χ1n) is 10.8. The topological polar surface area (TPSA) is 54.4 Å². The van der Waals surface area contributed by atoms with Gasteiger partial charge in [0.2, 0.25) is 0 Å². The molecule has 182 valence electrons. The Morgan fingerprint density at radius 2 is 0.537 bits per heavy atom. The Morgan fingerprint density at radius 3 is 0.634 bits per heavy atom. The number of rotatable bonds is 2. The molecule has 41 heavy (non-hydrogen) atoms. The first-order chi connectivity index (χ1) is 16.3. The Bertz CT molecular complexity index is 784. The van der Waals surface area contributed by atoms with E-state index in [4.69, 9.17) is 14.7 Å². The SMILES string of the molecule is CC.CC.O=[C+]O.[CH-]=O.[ClH2+].[H-].[Na+].[Na+].[Na+].[Na+].[Na+].[Na+].[Na+].c1ccc(-c2ccccc2)cc1.c1ccc(-c2ccccc2)cc1. The molecule has 4 rings (SSSR count). The third kappa shape index (κ3) is 39.3.